The van der Waals surface area contributed by atoms with E-state index in [1.54, 1.807) is 17.0 Å². The number of morpholine rings is 1. The van der Waals surface area contributed by atoms with E-state index in [2.05, 4.69) is 10.3 Å². The summed E-state index contributed by atoms with van der Waals surface area (Å²) in [7, 11) is 0. The zero-order valence-corrected chi connectivity index (χ0v) is 11.6. The summed E-state index contributed by atoms with van der Waals surface area (Å²) in [6.45, 7) is 1.91. The predicted molar refractivity (Wildman–Crippen MR) is 72.1 cm³/mol. The highest BCUT2D eigenvalue weighted by Crippen LogP contribution is 2.23. The van der Waals surface area contributed by atoms with E-state index in [0.29, 0.717) is 32.1 Å². The van der Waals surface area contributed by atoms with Gasteiger partial charge in [0.2, 0.25) is 11.6 Å². The average Bonchev–Trinajstić information content (AvgIpc) is 3.16. The number of aromatic nitrogens is 3. The molecule has 1 fully saturated rings. The predicted octanol–water partition coefficient (Wildman–Crippen LogP) is 0.0951. The second kappa shape index (κ2) is 5.98. The van der Waals surface area contributed by atoms with Crippen LogP contribution in [0.25, 0.3) is 11.5 Å². The Bertz CT molecular complexity index is 673. The van der Waals surface area contributed by atoms with Gasteiger partial charge in [0, 0.05) is 13.1 Å². The number of carbonyl (C=O) groups is 2. The zero-order valence-electron chi connectivity index (χ0n) is 11.6. The fourth-order valence-electron chi connectivity index (χ4n) is 2.27. The average molecular weight is 306 g/mol. The summed E-state index contributed by atoms with van der Waals surface area (Å²) in [5.74, 6) is -1.09. The van der Waals surface area contributed by atoms with Crippen molar-refractivity contribution >= 4 is 11.9 Å². The van der Waals surface area contributed by atoms with E-state index < -0.39 is 5.97 Å². The topological polar surface area (TPSA) is 111 Å². The third-order valence-electron chi connectivity index (χ3n) is 3.34. The van der Waals surface area contributed by atoms with Crippen molar-refractivity contribution in [1.82, 2.24) is 19.9 Å². The highest BCUT2D eigenvalue weighted by Gasteiger charge is 2.25. The van der Waals surface area contributed by atoms with Crippen LogP contribution in [0, 0.1) is 0 Å². The van der Waals surface area contributed by atoms with Crippen LogP contribution < -0.4 is 0 Å². The number of aromatic carboxylic acids is 1. The van der Waals surface area contributed by atoms with Gasteiger partial charge in [0.25, 0.3) is 0 Å². The Hall–Kier alpha value is -2.68. The molecule has 0 aromatic carbocycles. The Morgan fingerprint density at radius 1 is 1.32 bits per heavy atom. The van der Waals surface area contributed by atoms with E-state index >= 15 is 0 Å². The van der Waals surface area contributed by atoms with E-state index in [1.807, 2.05) is 0 Å². The monoisotopic (exact) mass is 306 g/mol. The fourth-order valence-corrected chi connectivity index (χ4v) is 2.27. The minimum Gasteiger partial charge on any atom is -0.476 e. The van der Waals surface area contributed by atoms with Crippen molar-refractivity contribution in [3.63, 3.8) is 0 Å². The first kappa shape index (κ1) is 14.3. The summed E-state index contributed by atoms with van der Waals surface area (Å²) < 4.78 is 11.7. The molecule has 2 aromatic rings. The smallest absolute Gasteiger partial charge is 0.358 e. The van der Waals surface area contributed by atoms with Crippen molar-refractivity contribution in [2.45, 2.75) is 6.54 Å². The van der Waals surface area contributed by atoms with Gasteiger partial charge in [0.1, 0.15) is 12.2 Å². The normalized spacial score (nSPS) is 15.0. The SMILES string of the molecule is O=C(O)c1nnn(CC(=O)N2CCOCC2)c1-c1ccco1. The molecule has 0 radical (unpaired) electrons. The number of ether oxygens (including phenoxy) is 1. The summed E-state index contributed by atoms with van der Waals surface area (Å²) in [6.07, 6.45) is 1.42. The standard InChI is InChI=1S/C13H14N4O5/c18-10(16-3-6-21-7-4-16)8-17-12(9-2-1-5-22-9)11(13(19)20)14-15-17/h1-2,5H,3-4,6-8H2,(H,19,20). The zero-order chi connectivity index (χ0) is 15.5. The van der Waals surface area contributed by atoms with Crippen molar-refractivity contribution in [1.29, 1.82) is 0 Å². The molecule has 0 atom stereocenters. The molecule has 9 nitrogen and oxygen atoms in total. The van der Waals surface area contributed by atoms with Gasteiger partial charge in [0.05, 0.1) is 19.5 Å². The van der Waals surface area contributed by atoms with Crippen molar-refractivity contribution in [3.8, 4) is 11.5 Å². The van der Waals surface area contributed by atoms with Crippen molar-refractivity contribution in [2.75, 3.05) is 26.3 Å². The van der Waals surface area contributed by atoms with Crippen molar-refractivity contribution in [2.24, 2.45) is 0 Å². The van der Waals surface area contributed by atoms with Crippen molar-refractivity contribution < 1.29 is 23.8 Å². The molecule has 0 unspecified atom stereocenters. The molecule has 3 rings (SSSR count). The fraction of sp³-hybridized carbons (Fsp3) is 0.385. The summed E-state index contributed by atoms with van der Waals surface area (Å²) >= 11 is 0. The molecule has 1 saturated heterocycles. The number of amides is 1. The Labute approximate surface area is 125 Å². The second-order valence-corrected chi connectivity index (χ2v) is 4.72. The van der Waals surface area contributed by atoms with Gasteiger partial charge in [0.15, 0.2) is 5.76 Å². The number of furan rings is 1. The Morgan fingerprint density at radius 2 is 2.09 bits per heavy atom. The molecule has 9 heteroatoms. The van der Waals surface area contributed by atoms with Crippen LogP contribution in [-0.4, -0.2) is 63.2 Å². The van der Waals surface area contributed by atoms with Gasteiger partial charge in [-0.25, -0.2) is 9.48 Å². The van der Waals surface area contributed by atoms with Crippen LogP contribution in [0.15, 0.2) is 22.8 Å². The first-order chi connectivity index (χ1) is 10.7. The molecule has 0 spiro atoms. The molecule has 0 bridgehead atoms. The molecule has 3 heterocycles. The highest BCUT2D eigenvalue weighted by molar-refractivity contribution is 5.92. The summed E-state index contributed by atoms with van der Waals surface area (Å²) in [6, 6.07) is 3.23. The Kier molecular flexibility index (Phi) is 3.88. The van der Waals surface area contributed by atoms with Gasteiger partial charge in [-0.1, -0.05) is 5.21 Å². The van der Waals surface area contributed by atoms with Crippen LogP contribution in [-0.2, 0) is 16.1 Å². The first-order valence-corrected chi connectivity index (χ1v) is 6.73. The van der Waals surface area contributed by atoms with Gasteiger partial charge < -0.3 is 19.2 Å². The van der Waals surface area contributed by atoms with Gasteiger partial charge in [-0.05, 0) is 12.1 Å². The third kappa shape index (κ3) is 2.70. The van der Waals surface area contributed by atoms with Gasteiger partial charge in [-0.3, -0.25) is 4.79 Å². The van der Waals surface area contributed by atoms with Crippen molar-refractivity contribution in [3.05, 3.63) is 24.1 Å². The molecular formula is C13H14N4O5. The number of rotatable bonds is 4. The first-order valence-electron chi connectivity index (χ1n) is 6.73. The lowest BCUT2D eigenvalue weighted by atomic mass is 10.2. The Balaban J connectivity index is 1.87. The van der Waals surface area contributed by atoms with Crippen LogP contribution in [0.2, 0.25) is 0 Å². The summed E-state index contributed by atoms with van der Waals surface area (Å²) in [5.41, 5.74) is -0.0659. The van der Waals surface area contributed by atoms with E-state index in [0.717, 1.165) is 0 Å². The van der Waals surface area contributed by atoms with Crippen LogP contribution in [0.5, 0.6) is 0 Å². The Morgan fingerprint density at radius 3 is 2.73 bits per heavy atom. The minimum absolute atomic E-state index is 0.101. The van der Waals surface area contributed by atoms with E-state index in [4.69, 9.17) is 9.15 Å². The molecule has 1 N–H and O–H groups in total. The number of carbonyl (C=O) groups excluding carboxylic acids is 1. The lowest BCUT2D eigenvalue weighted by molar-refractivity contribution is -0.136. The third-order valence-corrected chi connectivity index (χ3v) is 3.34. The highest BCUT2D eigenvalue weighted by atomic mass is 16.5. The molecule has 1 amide bonds. The van der Waals surface area contributed by atoms with Gasteiger partial charge >= 0.3 is 5.97 Å². The number of nitrogens with zero attached hydrogens (tertiary/aromatic N) is 4. The maximum Gasteiger partial charge on any atom is 0.358 e. The largest absolute Gasteiger partial charge is 0.476 e. The summed E-state index contributed by atoms with van der Waals surface area (Å²) in [5, 5.41) is 16.6. The summed E-state index contributed by atoms with van der Waals surface area (Å²) in [4.78, 5) is 25.2. The lowest BCUT2D eigenvalue weighted by Gasteiger charge is -2.26. The van der Waals surface area contributed by atoms with E-state index in [-0.39, 0.29) is 23.8 Å². The van der Waals surface area contributed by atoms with Crippen LogP contribution >= 0.6 is 0 Å². The molecule has 116 valence electrons. The molecular weight excluding hydrogens is 292 g/mol. The molecule has 1 aliphatic heterocycles. The van der Waals surface area contributed by atoms with Gasteiger partial charge in [-0.15, -0.1) is 5.10 Å². The van der Waals surface area contributed by atoms with Crippen LogP contribution in [0.4, 0.5) is 0 Å². The van der Waals surface area contributed by atoms with Crippen LogP contribution in [0.1, 0.15) is 10.5 Å². The van der Waals surface area contributed by atoms with Gasteiger partial charge in [-0.2, -0.15) is 0 Å². The maximum absolute atomic E-state index is 12.3. The van der Waals surface area contributed by atoms with Crippen LogP contribution in [0.3, 0.4) is 0 Å². The second-order valence-electron chi connectivity index (χ2n) is 4.72. The minimum atomic E-state index is -1.23. The number of hydrogen-bond acceptors (Lipinski definition) is 6. The lowest BCUT2D eigenvalue weighted by Crippen LogP contribution is -2.42. The molecule has 0 saturated carbocycles. The van der Waals surface area contributed by atoms with E-state index in [9.17, 15) is 14.7 Å². The molecule has 2 aromatic heterocycles. The van der Waals surface area contributed by atoms with E-state index in [1.165, 1.54) is 10.9 Å². The quantitative estimate of drug-likeness (QED) is 0.852. The molecule has 0 aliphatic carbocycles. The molecule has 22 heavy (non-hydrogen) atoms. The number of hydrogen-bond donors (Lipinski definition) is 1. The maximum atomic E-state index is 12.3. The molecule has 1 aliphatic rings. The number of carboxylic acids is 1. The number of carboxylic acid groups (broad SMARTS) is 1.